The van der Waals surface area contributed by atoms with Gasteiger partial charge >= 0.3 is 0 Å². The van der Waals surface area contributed by atoms with E-state index in [-0.39, 0.29) is 27.0 Å². The Bertz CT molecular complexity index is 1290. The van der Waals surface area contributed by atoms with E-state index in [1.807, 2.05) is 0 Å². The van der Waals surface area contributed by atoms with Crippen molar-refractivity contribution in [1.82, 2.24) is 5.32 Å². The van der Waals surface area contributed by atoms with E-state index in [1.54, 1.807) is 0 Å². The maximum Gasteiger partial charge on any atom is 0.265 e. The van der Waals surface area contributed by atoms with Crippen molar-refractivity contribution in [2.45, 2.75) is 24.4 Å². The average Bonchev–Trinajstić information content (AvgIpc) is 2.77. The topological polar surface area (TPSA) is 66.5 Å². The fraction of sp³-hybridized carbons (Fsp3) is 0.136. The summed E-state index contributed by atoms with van der Waals surface area (Å²) in [4.78, 5) is 12.6. The van der Waals surface area contributed by atoms with E-state index in [4.69, 9.17) is 23.2 Å². The van der Waals surface area contributed by atoms with Gasteiger partial charge in [-0.2, -0.15) is 0 Å². The SMILES string of the molecule is C[C@H](C(=O)NCc1ccc(F)c(F)c1)N(c1cc(Cl)ccc1F)S(=O)(=O)c1ccc(Cl)cc1. The summed E-state index contributed by atoms with van der Waals surface area (Å²) in [5, 5.41) is 2.79. The Morgan fingerprint density at radius 3 is 2.15 bits per heavy atom. The first-order valence-electron chi connectivity index (χ1n) is 9.47. The molecule has 0 heterocycles. The predicted octanol–water partition coefficient (Wildman–Crippen LogP) is 5.31. The molecular formula is C22H17Cl2F3N2O3S. The number of benzene rings is 3. The summed E-state index contributed by atoms with van der Waals surface area (Å²) >= 11 is 11.8. The number of anilines is 1. The molecule has 1 N–H and O–H groups in total. The minimum absolute atomic E-state index is 0.0529. The number of nitrogens with one attached hydrogen (secondary N) is 1. The van der Waals surface area contributed by atoms with E-state index in [1.165, 1.54) is 43.3 Å². The Morgan fingerprint density at radius 1 is 0.909 bits per heavy atom. The predicted molar refractivity (Wildman–Crippen MR) is 120 cm³/mol. The maximum absolute atomic E-state index is 14.7. The number of nitrogens with zero attached hydrogens (tertiary/aromatic N) is 1. The molecule has 0 aliphatic heterocycles. The number of amides is 1. The van der Waals surface area contributed by atoms with Gasteiger partial charge in [-0.3, -0.25) is 9.10 Å². The molecule has 0 aliphatic rings. The van der Waals surface area contributed by atoms with E-state index >= 15 is 0 Å². The van der Waals surface area contributed by atoms with Crippen molar-refractivity contribution in [3.8, 4) is 0 Å². The van der Waals surface area contributed by atoms with E-state index in [2.05, 4.69) is 5.32 Å². The summed E-state index contributed by atoms with van der Waals surface area (Å²) < 4.78 is 68.7. The zero-order chi connectivity index (χ0) is 24.3. The van der Waals surface area contributed by atoms with E-state index in [9.17, 15) is 26.4 Å². The molecule has 0 saturated heterocycles. The van der Waals surface area contributed by atoms with Gasteiger partial charge in [-0.25, -0.2) is 21.6 Å². The van der Waals surface area contributed by atoms with Crippen LogP contribution >= 0.6 is 23.2 Å². The number of sulfonamides is 1. The number of halogens is 5. The second-order valence-corrected chi connectivity index (χ2v) is 9.68. The zero-order valence-corrected chi connectivity index (χ0v) is 19.4. The van der Waals surface area contributed by atoms with Gasteiger partial charge in [0.15, 0.2) is 11.6 Å². The van der Waals surface area contributed by atoms with Crippen LogP contribution in [0.3, 0.4) is 0 Å². The van der Waals surface area contributed by atoms with Gasteiger partial charge in [-0.1, -0.05) is 29.3 Å². The minimum atomic E-state index is -4.44. The zero-order valence-electron chi connectivity index (χ0n) is 17.0. The summed E-state index contributed by atoms with van der Waals surface area (Å²) in [5.41, 5.74) is -0.191. The van der Waals surface area contributed by atoms with Gasteiger partial charge in [0, 0.05) is 16.6 Å². The lowest BCUT2D eigenvalue weighted by atomic mass is 10.2. The Labute approximate surface area is 198 Å². The summed E-state index contributed by atoms with van der Waals surface area (Å²) in [6.45, 7) is 1.04. The van der Waals surface area contributed by atoms with Crippen molar-refractivity contribution in [2.24, 2.45) is 0 Å². The van der Waals surface area contributed by atoms with E-state index in [0.717, 1.165) is 24.3 Å². The molecule has 1 atom stereocenters. The Balaban J connectivity index is 1.97. The van der Waals surface area contributed by atoms with Gasteiger partial charge in [0.1, 0.15) is 11.9 Å². The summed E-state index contributed by atoms with van der Waals surface area (Å²) in [6, 6.07) is 10.1. The van der Waals surface area contributed by atoms with Crippen LogP contribution < -0.4 is 9.62 Å². The molecule has 0 radical (unpaired) electrons. The van der Waals surface area contributed by atoms with Gasteiger partial charge in [0.25, 0.3) is 10.0 Å². The lowest BCUT2D eigenvalue weighted by Crippen LogP contribution is -2.48. The normalized spacial score (nSPS) is 12.3. The molecule has 3 aromatic carbocycles. The van der Waals surface area contributed by atoms with Crippen molar-refractivity contribution in [3.05, 3.63) is 93.7 Å². The Morgan fingerprint density at radius 2 is 1.52 bits per heavy atom. The Hall–Kier alpha value is -2.75. The van der Waals surface area contributed by atoms with Crippen LogP contribution in [0.4, 0.5) is 18.9 Å². The third kappa shape index (κ3) is 5.61. The fourth-order valence-corrected chi connectivity index (χ4v) is 4.92. The number of hydrogen-bond acceptors (Lipinski definition) is 3. The molecule has 0 bridgehead atoms. The molecule has 5 nitrogen and oxygen atoms in total. The summed E-state index contributed by atoms with van der Waals surface area (Å²) in [6.07, 6.45) is 0. The highest BCUT2D eigenvalue weighted by Gasteiger charge is 2.35. The van der Waals surface area contributed by atoms with Crippen LogP contribution in [0.2, 0.25) is 10.0 Å². The molecule has 0 aliphatic carbocycles. The minimum Gasteiger partial charge on any atom is -0.350 e. The maximum atomic E-state index is 14.7. The van der Waals surface area contributed by atoms with Crippen molar-refractivity contribution >= 4 is 44.8 Å². The molecule has 174 valence electrons. The summed E-state index contributed by atoms with van der Waals surface area (Å²) in [7, 11) is -4.44. The summed E-state index contributed by atoms with van der Waals surface area (Å²) in [5.74, 6) is -3.87. The quantitative estimate of drug-likeness (QED) is 0.462. The third-order valence-electron chi connectivity index (χ3n) is 4.70. The van der Waals surface area contributed by atoms with Crippen LogP contribution in [0.1, 0.15) is 12.5 Å². The Kier molecular flexibility index (Phi) is 7.56. The highest BCUT2D eigenvalue weighted by atomic mass is 35.5. The van der Waals surface area contributed by atoms with Crippen LogP contribution in [0, 0.1) is 17.5 Å². The fourth-order valence-electron chi connectivity index (χ4n) is 3.01. The van der Waals surface area contributed by atoms with Gasteiger partial charge < -0.3 is 5.32 Å². The van der Waals surface area contributed by atoms with Gasteiger partial charge in [0.05, 0.1) is 10.6 Å². The molecule has 3 aromatic rings. The van der Waals surface area contributed by atoms with Gasteiger partial charge in [0.2, 0.25) is 5.91 Å². The van der Waals surface area contributed by atoms with Crippen LogP contribution in [0.15, 0.2) is 65.6 Å². The smallest absolute Gasteiger partial charge is 0.265 e. The number of hydrogen-bond donors (Lipinski definition) is 1. The van der Waals surface area contributed by atoms with E-state index in [0.29, 0.717) is 4.31 Å². The molecule has 11 heteroatoms. The second-order valence-electron chi connectivity index (χ2n) is 6.99. The number of rotatable bonds is 7. The first-order valence-corrected chi connectivity index (χ1v) is 11.7. The first-order chi connectivity index (χ1) is 15.5. The largest absolute Gasteiger partial charge is 0.350 e. The first kappa shape index (κ1) is 24.9. The van der Waals surface area contributed by atoms with Crippen molar-refractivity contribution in [1.29, 1.82) is 0 Å². The van der Waals surface area contributed by atoms with Crippen molar-refractivity contribution < 1.29 is 26.4 Å². The van der Waals surface area contributed by atoms with Crippen molar-refractivity contribution in [2.75, 3.05) is 4.31 Å². The van der Waals surface area contributed by atoms with Crippen molar-refractivity contribution in [3.63, 3.8) is 0 Å². The molecule has 0 fully saturated rings. The van der Waals surface area contributed by atoms with Gasteiger partial charge in [-0.15, -0.1) is 0 Å². The number of carbonyl (C=O) groups excluding carboxylic acids is 1. The molecule has 0 aromatic heterocycles. The molecule has 33 heavy (non-hydrogen) atoms. The standard InChI is InChI=1S/C22H17Cl2F3N2O3S/c1-13(22(30)28-12-14-2-8-18(25)20(27)10-14)29(21-11-16(24)5-9-19(21)26)33(31,32)17-6-3-15(23)4-7-17/h2-11,13H,12H2,1H3,(H,28,30)/t13-/m1/s1. The highest BCUT2D eigenvalue weighted by Crippen LogP contribution is 2.31. The molecule has 1 amide bonds. The number of carbonyl (C=O) groups is 1. The van der Waals surface area contributed by atoms with Crippen LogP contribution in [0.5, 0.6) is 0 Å². The van der Waals surface area contributed by atoms with Crippen LogP contribution in [-0.2, 0) is 21.4 Å². The van der Waals surface area contributed by atoms with E-state index < -0.39 is 45.1 Å². The molecule has 0 unspecified atom stereocenters. The molecule has 0 saturated carbocycles. The molecular weight excluding hydrogens is 500 g/mol. The molecule has 0 spiro atoms. The average molecular weight is 517 g/mol. The monoisotopic (exact) mass is 516 g/mol. The van der Waals surface area contributed by atoms with Crippen LogP contribution in [0.25, 0.3) is 0 Å². The second kappa shape index (κ2) is 10.0. The lowest BCUT2D eigenvalue weighted by Gasteiger charge is -2.30. The van der Waals surface area contributed by atoms with Crippen LogP contribution in [-0.4, -0.2) is 20.4 Å². The third-order valence-corrected chi connectivity index (χ3v) is 7.08. The lowest BCUT2D eigenvalue weighted by molar-refractivity contribution is -0.122. The molecule has 3 rings (SSSR count). The van der Waals surface area contributed by atoms with Gasteiger partial charge in [-0.05, 0) is 67.1 Å². The highest BCUT2D eigenvalue weighted by molar-refractivity contribution is 7.93.